The molecule has 1 aliphatic rings. The Bertz CT molecular complexity index is 886. The lowest BCUT2D eigenvalue weighted by Crippen LogP contribution is -2.10. The standard InChI is InChI=1S/C18H16F3N3O/c19-18(20,21)16-15(25-11-13-4-2-1-3-5-13)9-8-14-17(16)22-23-24(14)10-12-6-7-12/h1-5,8-9,12H,6-7,10-11H2. The zero-order valence-electron chi connectivity index (χ0n) is 13.3. The van der Waals surface area contributed by atoms with E-state index in [1.165, 1.54) is 6.07 Å². The smallest absolute Gasteiger partial charge is 0.422 e. The van der Waals surface area contributed by atoms with Crippen LogP contribution in [-0.4, -0.2) is 15.0 Å². The minimum atomic E-state index is -4.56. The van der Waals surface area contributed by atoms with E-state index in [1.54, 1.807) is 22.9 Å². The molecule has 1 heterocycles. The van der Waals surface area contributed by atoms with Gasteiger partial charge in [-0.2, -0.15) is 13.2 Å². The summed E-state index contributed by atoms with van der Waals surface area (Å²) in [5, 5.41) is 7.71. The van der Waals surface area contributed by atoms with Gasteiger partial charge in [0.15, 0.2) is 0 Å². The second-order valence-corrected chi connectivity index (χ2v) is 6.29. The van der Waals surface area contributed by atoms with Gasteiger partial charge >= 0.3 is 6.18 Å². The van der Waals surface area contributed by atoms with Crippen LogP contribution >= 0.6 is 0 Å². The molecule has 0 spiro atoms. The molecule has 4 rings (SSSR count). The van der Waals surface area contributed by atoms with Crippen LogP contribution < -0.4 is 4.74 Å². The van der Waals surface area contributed by atoms with Crippen molar-refractivity contribution in [1.29, 1.82) is 0 Å². The van der Waals surface area contributed by atoms with E-state index in [9.17, 15) is 13.2 Å². The quantitative estimate of drug-likeness (QED) is 0.685. The Morgan fingerprint density at radius 3 is 2.52 bits per heavy atom. The van der Waals surface area contributed by atoms with Crippen molar-refractivity contribution in [2.75, 3.05) is 0 Å². The zero-order valence-corrected chi connectivity index (χ0v) is 13.3. The van der Waals surface area contributed by atoms with E-state index in [-0.39, 0.29) is 17.9 Å². The number of ether oxygens (including phenoxy) is 1. The van der Waals surface area contributed by atoms with Gasteiger partial charge in [-0.05, 0) is 36.5 Å². The second-order valence-electron chi connectivity index (χ2n) is 6.29. The summed E-state index contributed by atoms with van der Waals surface area (Å²) in [6, 6.07) is 12.0. The first-order chi connectivity index (χ1) is 12.0. The van der Waals surface area contributed by atoms with Crippen LogP contribution in [0.3, 0.4) is 0 Å². The Balaban J connectivity index is 1.70. The number of nitrogens with zero attached hydrogens (tertiary/aromatic N) is 3. The van der Waals surface area contributed by atoms with Gasteiger partial charge in [-0.15, -0.1) is 5.10 Å². The van der Waals surface area contributed by atoms with Crippen LogP contribution in [0.4, 0.5) is 13.2 Å². The number of rotatable bonds is 5. The lowest BCUT2D eigenvalue weighted by Gasteiger charge is -2.14. The van der Waals surface area contributed by atoms with Crippen LogP contribution in [0.1, 0.15) is 24.0 Å². The predicted octanol–water partition coefficient (Wildman–Crippen LogP) is 4.44. The molecule has 130 valence electrons. The zero-order chi connectivity index (χ0) is 17.4. The lowest BCUT2D eigenvalue weighted by molar-refractivity contribution is -0.137. The van der Waals surface area contributed by atoms with E-state index in [4.69, 9.17) is 4.74 Å². The lowest BCUT2D eigenvalue weighted by atomic mass is 10.1. The molecule has 2 aromatic carbocycles. The van der Waals surface area contributed by atoms with Gasteiger partial charge in [0.1, 0.15) is 23.4 Å². The molecule has 1 aliphatic carbocycles. The van der Waals surface area contributed by atoms with Gasteiger partial charge in [0, 0.05) is 6.54 Å². The molecule has 0 bridgehead atoms. The molecular weight excluding hydrogens is 331 g/mol. The molecule has 25 heavy (non-hydrogen) atoms. The molecule has 4 nitrogen and oxygen atoms in total. The summed E-state index contributed by atoms with van der Waals surface area (Å²) in [6.07, 6.45) is -2.39. The molecule has 0 aliphatic heterocycles. The molecule has 0 N–H and O–H groups in total. The molecule has 1 aromatic heterocycles. The first kappa shape index (κ1) is 15.9. The third-order valence-electron chi connectivity index (χ3n) is 4.30. The summed E-state index contributed by atoms with van der Waals surface area (Å²) in [6.45, 7) is 0.670. The highest BCUT2D eigenvalue weighted by Crippen LogP contribution is 2.41. The summed E-state index contributed by atoms with van der Waals surface area (Å²) in [7, 11) is 0. The fourth-order valence-electron chi connectivity index (χ4n) is 2.83. The first-order valence-electron chi connectivity index (χ1n) is 8.12. The van der Waals surface area contributed by atoms with Crippen LogP contribution in [0, 0.1) is 5.92 Å². The molecule has 3 aromatic rings. The van der Waals surface area contributed by atoms with E-state index in [2.05, 4.69) is 10.3 Å². The van der Waals surface area contributed by atoms with Crippen molar-refractivity contribution in [3.8, 4) is 5.75 Å². The number of benzene rings is 2. The molecular formula is C18H16F3N3O. The predicted molar refractivity (Wildman–Crippen MR) is 86.0 cm³/mol. The molecule has 0 radical (unpaired) electrons. The Morgan fingerprint density at radius 2 is 1.84 bits per heavy atom. The molecule has 0 saturated heterocycles. The summed E-state index contributed by atoms with van der Waals surface area (Å²) < 4.78 is 47.9. The molecule has 1 fully saturated rings. The van der Waals surface area contributed by atoms with Gasteiger partial charge in [-0.3, -0.25) is 0 Å². The Labute approximate surface area is 142 Å². The van der Waals surface area contributed by atoms with E-state index in [0.717, 1.165) is 18.4 Å². The average molecular weight is 347 g/mol. The first-order valence-corrected chi connectivity index (χ1v) is 8.12. The number of fused-ring (bicyclic) bond motifs is 1. The monoisotopic (exact) mass is 347 g/mol. The van der Waals surface area contributed by atoms with Crippen molar-refractivity contribution in [3.05, 3.63) is 53.6 Å². The van der Waals surface area contributed by atoms with E-state index < -0.39 is 11.7 Å². The maximum absolute atomic E-state index is 13.6. The maximum atomic E-state index is 13.6. The normalized spacial score (nSPS) is 14.8. The fraction of sp³-hybridized carbons (Fsp3) is 0.333. The minimum absolute atomic E-state index is 0.0611. The number of aromatic nitrogens is 3. The third kappa shape index (κ3) is 3.31. The van der Waals surface area contributed by atoms with Crippen molar-refractivity contribution >= 4 is 11.0 Å². The van der Waals surface area contributed by atoms with E-state index >= 15 is 0 Å². The Hall–Kier alpha value is -2.57. The van der Waals surface area contributed by atoms with Gasteiger partial charge < -0.3 is 4.74 Å². The fourth-order valence-corrected chi connectivity index (χ4v) is 2.83. The largest absolute Gasteiger partial charge is 0.488 e. The third-order valence-corrected chi connectivity index (χ3v) is 4.30. The summed E-state index contributed by atoms with van der Waals surface area (Å²) >= 11 is 0. The molecule has 1 saturated carbocycles. The minimum Gasteiger partial charge on any atom is -0.488 e. The number of halogens is 3. The van der Waals surface area contributed by atoms with Crippen molar-refractivity contribution in [1.82, 2.24) is 15.0 Å². The Kier molecular flexibility index (Phi) is 3.86. The van der Waals surface area contributed by atoms with Gasteiger partial charge in [0.25, 0.3) is 0 Å². The molecule has 0 atom stereocenters. The van der Waals surface area contributed by atoms with Gasteiger partial charge in [-0.25, -0.2) is 4.68 Å². The van der Waals surface area contributed by atoms with Gasteiger partial charge in [0.05, 0.1) is 5.52 Å². The number of hydrogen-bond acceptors (Lipinski definition) is 3. The van der Waals surface area contributed by atoms with Crippen molar-refractivity contribution in [2.24, 2.45) is 5.92 Å². The average Bonchev–Trinajstić information content (AvgIpc) is 3.32. The SMILES string of the molecule is FC(F)(F)c1c(OCc2ccccc2)ccc2c1nnn2CC1CC1. The number of alkyl halides is 3. The molecule has 0 unspecified atom stereocenters. The van der Waals surface area contributed by atoms with Gasteiger partial charge in [0.2, 0.25) is 0 Å². The summed E-state index contributed by atoms with van der Waals surface area (Å²) in [5.41, 5.74) is 0.182. The van der Waals surface area contributed by atoms with Gasteiger partial charge in [-0.1, -0.05) is 35.5 Å². The molecule has 7 heteroatoms. The highest BCUT2D eigenvalue weighted by atomic mass is 19.4. The van der Waals surface area contributed by atoms with E-state index in [0.29, 0.717) is 18.0 Å². The highest BCUT2D eigenvalue weighted by Gasteiger charge is 2.38. The van der Waals surface area contributed by atoms with Crippen LogP contribution in [0.5, 0.6) is 5.75 Å². The van der Waals surface area contributed by atoms with Crippen LogP contribution in [-0.2, 0) is 19.3 Å². The highest BCUT2D eigenvalue weighted by molar-refractivity contribution is 5.81. The topological polar surface area (TPSA) is 39.9 Å². The van der Waals surface area contributed by atoms with Crippen LogP contribution in [0.2, 0.25) is 0 Å². The maximum Gasteiger partial charge on any atom is 0.422 e. The number of hydrogen-bond donors (Lipinski definition) is 0. The molecule has 0 amide bonds. The summed E-state index contributed by atoms with van der Waals surface area (Å²) in [5.74, 6) is 0.274. The van der Waals surface area contributed by atoms with Crippen molar-refractivity contribution < 1.29 is 17.9 Å². The van der Waals surface area contributed by atoms with Crippen LogP contribution in [0.15, 0.2) is 42.5 Å². The second kappa shape index (κ2) is 6.06. The van der Waals surface area contributed by atoms with Crippen LogP contribution in [0.25, 0.3) is 11.0 Å². The van der Waals surface area contributed by atoms with E-state index in [1.807, 2.05) is 18.2 Å². The van der Waals surface area contributed by atoms with Crippen molar-refractivity contribution in [3.63, 3.8) is 0 Å². The summed E-state index contributed by atoms with van der Waals surface area (Å²) in [4.78, 5) is 0. The Morgan fingerprint density at radius 1 is 1.08 bits per heavy atom. The van der Waals surface area contributed by atoms with Crippen molar-refractivity contribution in [2.45, 2.75) is 32.2 Å².